The minimum Gasteiger partial charge on any atom is -0.497 e. The van der Waals surface area contributed by atoms with E-state index in [9.17, 15) is 4.79 Å². The van der Waals surface area contributed by atoms with E-state index in [2.05, 4.69) is 26.6 Å². The van der Waals surface area contributed by atoms with Crippen LogP contribution in [0.2, 0.25) is 0 Å². The first-order valence-corrected chi connectivity index (χ1v) is 6.80. The van der Waals surface area contributed by atoms with Crippen molar-refractivity contribution in [3.63, 3.8) is 0 Å². The second-order valence-corrected chi connectivity index (χ2v) is 5.35. The van der Waals surface area contributed by atoms with Gasteiger partial charge in [-0.25, -0.2) is 0 Å². The van der Waals surface area contributed by atoms with E-state index in [1.54, 1.807) is 7.11 Å². The second kappa shape index (κ2) is 5.61. The molecule has 0 heterocycles. The van der Waals surface area contributed by atoms with Gasteiger partial charge in [0.1, 0.15) is 11.8 Å². The molecule has 2 N–H and O–H groups in total. The molecule has 0 aromatic heterocycles. The molecule has 5 heteroatoms. The monoisotopic (exact) mass is 312 g/mol. The van der Waals surface area contributed by atoms with Gasteiger partial charge in [0.25, 0.3) is 0 Å². The standard InChI is InChI=1S/C13H17BrN2O2/c1-8(13(17)16-9-3-4-9)15-12-7-10(18-2)5-6-11(12)14/h5-9,15H,3-4H2,1-2H3,(H,16,17). The Morgan fingerprint density at radius 2 is 2.22 bits per heavy atom. The Kier molecular flexibility index (Phi) is 4.11. The maximum absolute atomic E-state index is 11.8. The van der Waals surface area contributed by atoms with Crippen molar-refractivity contribution in [1.82, 2.24) is 5.32 Å². The summed E-state index contributed by atoms with van der Waals surface area (Å²) < 4.78 is 6.08. The van der Waals surface area contributed by atoms with Crippen LogP contribution in [0, 0.1) is 0 Å². The first kappa shape index (κ1) is 13.2. The Bertz CT molecular complexity index is 447. The average Bonchev–Trinajstić information content (AvgIpc) is 3.15. The van der Waals surface area contributed by atoms with Crippen LogP contribution in [0.3, 0.4) is 0 Å². The quantitative estimate of drug-likeness (QED) is 0.878. The fraction of sp³-hybridized carbons (Fsp3) is 0.462. The first-order valence-electron chi connectivity index (χ1n) is 6.00. The van der Waals surface area contributed by atoms with Crippen molar-refractivity contribution in [2.45, 2.75) is 31.8 Å². The second-order valence-electron chi connectivity index (χ2n) is 4.49. The van der Waals surface area contributed by atoms with Gasteiger partial charge in [0.2, 0.25) is 5.91 Å². The SMILES string of the molecule is COc1ccc(Br)c(NC(C)C(=O)NC2CC2)c1. The molecule has 1 aliphatic carbocycles. The first-order chi connectivity index (χ1) is 8.60. The van der Waals surface area contributed by atoms with Crippen LogP contribution in [0.25, 0.3) is 0 Å². The number of carbonyl (C=O) groups is 1. The summed E-state index contributed by atoms with van der Waals surface area (Å²) in [6.07, 6.45) is 2.20. The summed E-state index contributed by atoms with van der Waals surface area (Å²) in [7, 11) is 1.62. The highest BCUT2D eigenvalue weighted by Gasteiger charge is 2.25. The van der Waals surface area contributed by atoms with Gasteiger partial charge in [-0.05, 0) is 47.8 Å². The molecule has 1 aromatic rings. The predicted molar refractivity (Wildman–Crippen MR) is 74.9 cm³/mol. The fourth-order valence-corrected chi connectivity index (χ4v) is 1.96. The molecule has 2 rings (SSSR count). The Morgan fingerprint density at radius 3 is 2.83 bits per heavy atom. The maximum atomic E-state index is 11.8. The van der Waals surface area contributed by atoms with E-state index in [1.165, 1.54) is 0 Å². The Labute approximate surface area is 115 Å². The molecule has 4 nitrogen and oxygen atoms in total. The zero-order valence-electron chi connectivity index (χ0n) is 10.5. The molecular weight excluding hydrogens is 296 g/mol. The molecule has 1 amide bonds. The molecule has 0 spiro atoms. The molecule has 1 atom stereocenters. The lowest BCUT2D eigenvalue weighted by molar-refractivity contribution is -0.121. The molecular formula is C13H17BrN2O2. The molecule has 0 radical (unpaired) electrons. The minimum atomic E-state index is -0.269. The van der Waals surface area contributed by atoms with E-state index in [0.29, 0.717) is 6.04 Å². The highest BCUT2D eigenvalue weighted by atomic mass is 79.9. The van der Waals surface area contributed by atoms with Crippen molar-refractivity contribution in [1.29, 1.82) is 0 Å². The number of ether oxygens (including phenoxy) is 1. The van der Waals surface area contributed by atoms with Gasteiger partial charge in [0, 0.05) is 16.6 Å². The van der Waals surface area contributed by atoms with Crippen LogP contribution >= 0.6 is 15.9 Å². The summed E-state index contributed by atoms with van der Waals surface area (Å²) in [5, 5.41) is 6.15. The van der Waals surface area contributed by atoms with Crippen LogP contribution in [0.15, 0.2) is 22.7 Å². The third kappa shape index (κ3) is 3.38. The Hall–Kier alpha value is -1.23. The summed E-state index contributed by atoms with van der Waals surface area (Å²) >= 11 is 3.45. The number of rotatable bonds is 5. The molecule has 98 valence electrons. The van der Waals surface area contributed by atoms with Crippen LogP contribution in [-0.4, -0.2) is 25.1 Å². The van der Waals surface area contributed by atoms with Gasteiger partial charge in [-0.1, -0.05) is 0 Å². The molecule has 1 saturated carbocycles. The van der Waals surface area contributed by atoms with Crippen LogP contribution in [-0.2, 0) is 4.79 Å². The number of hydrogen-bond donors (Lipinski definition) is 2. The minimum absolute atomic E-state index is 0.0345. The van der Waals surface area contributed by atoms with Crippen LogP contribution < -0.4 is 15.4 Å². The van der Waals surface area contributed by atoms with Crippen molar-refractivity contribution in [3.05, 3.63) is 22.7 Å². The van der Waals surface area contributed by atoms with Crippen LogP contribution in [0.4, 0.5) is 5.69 Å². The zero-order chi connectivity index (χ0) is 13.1. The summed E-state index contributed by atoms with van der Waals surface area (Å²) in [4.78, 5) is 11.8. The molecule has 0 saturated heterocycles. The van der Waals surface area contributed by atoms with Crippen molar-refractivity contribution in [2.75, 3.05) is 12.4 Å². The van der Waals surface area contributed by atoms with Gasteiger partial charge < -0.3 is 15.4 Å². The third-order valence-corrected chi connectivity index (χ3v) is 3.55. The number of methoxy groups -OCH3 is 1. The molecule has 1 aromatic carbocycles. The predicted octanol–water partition coefficient (Wildman–Crippen LogP) is 2.54. The topological polar surface area (TPSA) is 50.4 Å². The number of benzene rings is 1. The molecule has 18 heavy (non-hydrogen) atoms. The summed E-state index contributed by atoms with van der Waals surface area (Å²) in [5.41, 5.74) is 0.854. The van der Waals surface area contributed by atoms with E-state index in [1.807, 2.05) is 25.1 Å². The zero-order valence-corrected chi connectivity index (χ0v) is 12.1. The summed E-state index contributed by atoms with van der Waals surface area (Å²) in [5.74, 6) is 0.794. The normalized spacial score (nSPS) is 15.9. The van der Waals surface area contributed by atoms with Crippen molar-refractivity contribution < 1.29 is 9.53 Å². The maximum Gasteiger partial charge on any atom is 0.242 e. The van der Waals surface area contributed by atoms with Crippen molar-refractivity contribution in [2.24, 2.45) is 0 Å². The Morgan fingerprint density at radius 1 is 1.50 bits per heavy atom. The lowest BCUT2D eigenvalue weighted by Crippen LogP contribution is -2.38. The lowest BCUT2D eigenvalue weighted by atomic mass is 10.2. The van der Waals surface area contributed by atoms with Gasteiger partial charge in [-0.3, -0.25) is 4.79 Å². The number of amides is 1. The van der Waals surface area contributed by atoms with E-state index in [-0.39, 0.29) is 11.9 Å². The Balaban J connectivity index is 2.00. The van der Waals surface area contributed by atoms with Crippen molar-refractivity contribution >= 4 is 27.5 Å². The van der Waals surface area contributed by atoms with Crippen LogP contribution in [0.1, 0.15) is 19.8 Å². The largest absolute Gasteiger partial charge is 0.497 e. The van der Waals surface area contributed by atoms with Gasteiger partial charge in [-0.2, -0.15) is 0 Å². The van der Waals surface area contributed by atoms with Crippen molar-refractivity contribution in [3.8, 4) is 5.75 Å². The van der Waals surface area contributed by atoms with Gasteiger partial charge in [0.15, 0.2) is 0 Å². The smallest absolute Gasteiger partial charge is 0.242 e. The molecule has 1 unspecified atom stereocenters. The van der Waals surface area contributed by atoms with Gasteiger partial charge in [-0.15, -0.1) is 0 Å². The number of anilines is 1. The summed E-state index contributed by atoms with van der Waals surface area (Å²) in [6, 6.07) is 5.74. The third-order valence-electron chi connectivity index (χ3n) is 2.86. The van der Waals surface area contributed by atoms with Crippen LogP contribution in [0.5, 0.6) is 5.75 Å². The highest BCUT2D eigenvalue weighted by Crippen LogP contribution is 2.27. The molecule has 1 aliphatic rings. The number of carbonyl (C=O) groups excluding carboxylic acids is 1. The average molecular weight is 313 g/mol. The molecule has 0 aliphatic heterocycles. The summed E-state index contributed by atoms with van der Waals surface area (Å²) in [6.45, 7) is 1.85. The number of nitrogens with one attached hydrogen (secondary N) is 2. The van der Waals surface area contributed by atoms with Gasteiger partial charge in [0.05, 0.1) is 12.8 Å². The van der Waals surface area contributed by atoms with E-state index >= 15 is 0 Å². The molecule has 0 bridgehead atoms. The number of halogens is 1. The van der Waals surface area contributed by atoms with Gasteiger partial charge >= 0.3 is 0 Å². The van der Waals surface area contributed by atoms with E-state index in [4.69, 9.17) is 4.74 Å². The fourth-order valence-electron chi connectivity index (χ4n) is 1.59. The molecule has 1 fully saturated rings. The number of hydrogen-bond acceptors (Lipinski definition) is 3. The highest BCUT2D eigenvalue weighted by molar-refractivity contribution is 9.10. The lowest BCUT2D eigenvalue weighted by Gasteiger charge is -2.16. The van der Waals surface area contributed by atoms with E-state index < -0.39 is 0 Å². The van der Waals surface area contributed by atoms with E-state index in [0.717, 1.165) is 28.8 Å².